The van der Waals surface area contributed by atoms with Crippen LogP contribution < -0.4 is 19.7 Å². The van der Waals surface area contributed by atoms with Crippen molar-refractivity contribution in [3.63, 3.8) is 0 Å². The number of ether oxygens (including phenoxy) is 3. The minimum atomic E-state index is -0.770. The summed E-state index contributed by atoms with van der Waals surface area (Å²) in [7, 11) is 0. The van der Waals surface area contributed by atoms with Crippen molar-refractivity contribution in [2.24, 2.45) is 0 Å². The first kappa shape index (κ1) is 23.8. The molecule has 0 aromatic heterocycles. The third kappa shape index (κ3) is 5.22. The van der Waals surface area contributed by atoms with E-state index in [4.69, 9.17) is 14.2 Å². The Balaban J connectivity index is 1.47. The second-order valence-corrected chi connectivity index (χ2v) is 8.77. The van der Waals surface area contributed by atoms with Gasteiger partial charge in [0.05, 0.1) is 11.8 Å². The number of hydrogen-bond acceptors (Lipinski definition) is 6. The Hall–Kier alpha value is -3.39. The zero-order chi connectivity index (χ0) is 24.2. The highest BCUT2D eigenvalue weighted by Gasteiger charge is 2.34. The van der Waals surface area contributed by atoms with Crippen molar-refractivity contribution >= 4 is 23.3 Å². The van der Waals surface area contributed by atoms with Gasteiger partial charge in [-0.2, -0.15) is 0 Å². The van der Waals surface area contributed by atoms with Gasteiger partial charge in [-0.1, -0.05) is 17.7 Å². The Morgan fingerprint density at radius 1 is 1.21 bits per heavy atom. The Morgan fingerprint density at radius 3 is 2.76 bits per heavy atom. The minimum absolute atomic E-state index is 0.00483. The summed E-state index contributed by atoms with van der Waals surface area (Å²) in [5, 5.41) is 2.87. The van der Waals surface area contributed by atoms with Gasteiger partial charge in [-0.25, -0.2) is 0 Å². The summed E-state index contributed by atoms with van der Waals surface area (Å²) in [6, 6.07) is 9.87. The number of carbonyl (C=O) groups is 3. The first-order chi connectivity index (χ1) is 16.3. The van der Waals surface area contributed by atoms with Crippen LogP contribution in [0, 0.1) is 13.8 Å². The lowest BCUT2D eigenvalue weighted by Crippen LogP contribution is -2.52. The first-order valence-corrected chi connectivity index (χ1v) is 11.5. The van der Waals surface area contributed by atoms with Crippen LogP contribution in [0.25, 0.3) is 0 Å². The molecule has 2 aliphatic heterocycles. The summed E-state index contributed by atoms with van der Waals surface area (Å²) in [6.07, 6.45) is 1.89. The van der Waals surface area contributed by atoms with Crippen LogP contribution in [-0.2, 0) is 14.3 Å². The quantitative estimate of drug-likeness (QED) is 0.601. The summed E-state index contributed by atoms with van der Waals surface area (Å²) < 4.78 is 16.8. The fourth-order valence-corrected chi connectivity index (χ4v) is 4.24. The van der Waals surface area contributed by atoms with Gasteiger partial charge >= 0.3 is 0 Å². The van der Waals surface area contributed by atoms with Crippen molar-refractivity contribution in [3.05, 3.63) is 53.1 Å². The van der Waals surface area contributed by atoms with Crippen molar-refractivity contribution in [1.82, 2.24) is 5.32 Å². The predicted molar refractivity (Wildman–Crippen MR) is 127 cm³/mol. The Morgan fingerprint density at radius 2 is 2.03 bits per heavy atom. The molecule has 34 heavy (non-hydrogen) atoms. The summed E-state index contributed by atoms with van der Waals surface area (Å²) in [5.41, 5.74) is 2.84. The van der Waals surface area contributed by atoms with Crippen LogP contribution in [0.5, 0.6) is 11.5 Å². The van der Waals surface area contributed by atoms with Crippen LogP contribution in [0.1, 0.15) is 41.3 Å². The van der Waals surface area contributed by atoms with Crippen LogP contribution in [0.2, 0.25) is 0 Å². The lowest BCUT2D eigenvalue weighted by atomic mass is 10.1. The monoisotopic (exact) mass is 466 g/mol. The fourth-order valence-electron chi connectivity index (χ4n) is 4.24. The van der Waals surface area contributed by atoms with E-state index in [0.29, 0.717) is 35.9 Å². The van der Waals surface area contributed by atoms with Crippen LogP contribution in [-0.4, -0.2) is 56.1 Å². The lowest BCUT2D eigenvalue weighted by molar-refractivity contribution is -0.127. The molecule has 0 spiro atoms. The third-order valence-electron chi connectivity index (χ3n) is 6.14. The molecule has 8 heteroatoms. The molecule has 2 aromatic rings. The molecule has 1 N–H and O–H groups in total. The smallest absolute Gasteiger partial charge is 0.265 e. The van der Waals surface area contributed by atoms with Gasteiger partial charge in [-0.05, 0) is 63.4 Å². The van der Waals surface area contributed by atoms with Gasteiger partial charge in [0, 0.05) is 18.7 Å². The topological polar surface area (TPSA) is 94.2 Å². The molecule has 2 aromatic carbocycles. The second-order valence-electron chi connectivity index (χ2n) is 8.77. The molecule has 2 heterocycles. The fraction of sp³-hybridized carbons (Fsp3) is 0.423. The summed E-state index contributed by atoms with van der Waals surface area (Å²) >= 11 is 0. The lowest BCUT2D eigenvalue weighted by Gasteiger charge is -2.33. The number of fused-ring (bicyclic) bond motifs is 1. The molecule has 0 saturated carbocycles. The van der Waals surface area contributed by atoms with Gasteiger partial charge in [0.15, 0.2) is 19.0 Å². The molecule has 2 aliphatic rings. The van der Waals surface area contributed by atoms with E-state index in [-0.39, 0.29) is 36.9 Å². The van der Waals surface area contributed by atoms with Gasteiger partial charge in [-0.3, -0.25) is 19.3 Å². The van der Waals surface area contributed by atoms with Crippen molar-refractivity contribution in [3.8, 4) is 11.5 Å². The Labute approximate surface area is 199 Å². The third-order valence-corrected chi connectivity index (χ3v) is 6.14. The van der Waals surface area contributed by atoms with Crippen LogP contribution in [0.3, 0.4) is 0 Å². The number of carbonyl (C=O) groups excluding carboxylic acids is 3. The number of amides is 2. The largest absolute Gasteiger partial charge is 0.485 e. The molecule has 180 valence electrons. The summed E-state index contributed by atoms with van der Waals surface area (Å²) in [4.78, 5) is 39.8. The standard InChI is InChI=1S/C26H30N2O6/c1-16-6-8-23(17(2)11-16)33-14-22(29)19-7-9-24-21(12-19)28(25(30)15-34-24)18(3)26(31)27-13-20-5-4-10-32-20/h6-9,11-12,18,20H,4-5,10,13-15H2,1-3H3,(H,27,31). The normalized spacial score (nSPS) is 18.1. The van der Waals surface area contributed by atoms with Crippen molar-refractivity contribution in [2.45, 2.75) is 45.8 Å². The zero-order valence-corrected chi connectivity index (χ0v) is 19.8. The molecule has 1 saturated heterocycles. The van der Waals surface area contributed by atoms with E-state index in [2.05, 4.69) is 5.32 Å². The maximum atomic E-state index is 12.9. The number of nitrogens with zero attached hydrogens (tertiary/aromatic N) is 1. The molecule has 2 amide bonds. The van der Waals surface area contributed by atoms with E-state index in [1.807, 2.05) is 32.0 Å². The van der Waals surface area contributed by atoms with Gasteiger partial charge in [0.2, 0.25) is 5.91 Å². The van der Waals surface area contributed by atoms with Crippen molar-refractivity contribution in [2.75, 3.05) is 31.3 Å². The van der Waals surface area contributed by atoms with Crippen LogP contribution in [0.15, 0.2) is 36.4 Å². The average molecular weight is 467 g/mol. The van der Waals surface area contributed by atoms with Gasteiger partial charge in [0.25, 0.3) is 5.91 Å². The molecule has 8 nitrogen and oxygen atoms in total. The molecule has 4 rings (SSSR count). The highest BCUT2D eigenvalue weighted by molar-refractivity contribution is 6.05. The van der Waals surface area contributed by atoms with Gasteiger partial charge in [-0.15, -0.1) is 0 Å². The number of benzene rings is 2. The van der Waals surface area contributed by atoms with E-state index in [0.717, 1.165) is 24.0 Å². The highest BCUT2D eigenvalue weighted by Crippen LogP contribution is 2.34. The zero-order valence-electron chi connectivity index (χ0n) is 19.8. The van der Waals surface area contributed by atoms with Crippen LogP contribution in [0.4, 0.5) is 5.69 Å². The van der Waals surface area contributed by atoms with E-state index in [9.17, 15) is 14.4 Å². The Bertz CT molecular complexity index is 1090. The highest BCUT2D eigenvalue weighted by atomic mass is 16.5. The molecule has 2 unspecified atom stereocenters. The Kier molecular flexibility index (Phi) is 7.17. The SMILES string of the molecule is Cc1ccc(OCC(=O)c2ccc3c(c2)N(C(C)C(=O)NCC2CCCO2)C(=O)CO3)c(C)c1. The maximum Gasteiger partial charge on any atom is 0.265 e. The number of aryl methyl sites for hydroxylation is 2. The molecule has 2 atom stereocenters. The summed E-state index contributed by atoms with van der Waals surface area (Å²) in [6.45, 7) is 6.38. The van der Waals surface area contributed by atoms with Gasteiger partial charge < -0.3 is 19.5 Å². The summed E-state index contributed by atoms with van der Waals surface area (Å²) in [5.74, 6) is 0.227. The van der Waals surface area contributed by atoms with E-state index in [1.165, 1.54) is 4.90 Å². The molecular weight excluding hydrogens is 436 g/mol. The maximum absolute atomic E-state index is 12.9. The van der Waals surface area contributed by atoms with Crippen molar-refractivity contribution in [1.29, 1.82) is 0 Å². The van der Waals surface area contributed by atoms with Crippen molar-refractivity contribution < 1.29 is 28.6 Å². The number of anilines is 1. The molecule has 0 bridgehead atoms. The van der Waals surface area contributed by atoms with Gasteiger partial charge in [0.1, 0.15) is 17.5 Å². The number of Topliss-reactive ketones (excluding diaryl/α,β-unsaturated/α-hetero) is 1. The average Bonchev–Trinajstić information content (AvgIpc) is 3.34. The van der Waals surface area contributed by atoms with Crippen LogP contribution >= 0.6 is 0 Å². The second kappa shape index (κ2) is 10.3. The molecule has 0 aliphatic carbocycles. The number of rotatable bonds is 8. The number of hydrogen-bond donors (Lipinski definition) is 1. The molecular formula is C26H30N2O6. The predicted octanol–water partition coefficient (Wildman–Crippen LogP) is 2.97. The van der Waals surface area contributed by atoms with E-state index >= 15 is 0 Å². The number of ketones is 1. The molecule has 1 fully saturated rings. The first-order valence-electron chi connectivity index (χ1n) is 11.5. The minimum Gasteiger partial charge on any atom is -0.485 e. The van der Waals surface area contributed by atoms with E-state index in [1.54, 1.807) is 25.1 Å². The molecule has 0 radical (unpaired) electrons. The van der Waals surface area contributed by atoms with E-state index < -0.39 is 6.04 Å². The number of nitrogens with one attached hydrogen (secondary N) is 1.